The van der Waals surface area contributed by atoms with Gasteiger partial charge in [-0.3, -0.25) is 4.79 Å². The van der Waals surface area contributed by atoms with Gasteiger partial charge in [-0.25, -0.2) is 9.97 Å². The number of carbonyl (C=O) groups is 1. The van der Waals surface area contributed by atoms with Crippen LogP contribution in [-0.4, -0.2) is 34.5 Å². The summed E-state index contributed by atoms with van der Waals surface area (Å²) >= 11 is 0. The minimum atomic E-state index is -0.111. The maximum absolute atomic E-state index is 11.4. The zero-order valence-corrected chi connectivity index (χ0v) is 17.3. The van der Waals surface area contributed by atoms with Gasteiger partial charge in [0.1, 0.15) is 12.1 Å². The molecular formula is C22H24N6O2. The monoisotopic (exact) mass is 404 g/mol. The Kier molecular flexibility index (Phi) is 5.47. The number of nitrogens with one attached hydrogen (secondary N) is 2. The Hall–Kier alpha value is -3.68. The molecule has 154 valence electrons. The molecule has 30 heavy (non-hydrogen) atoms. The highest BCUT2D eigenvalue weighted by molar-refractivity contribution is 5.90. The predicted molar refractivity (Wildman–Crippen MR) is 116 cm³/mol. The van der Waals surface area contributed by atoms with Crippen molar-refractivity contribution >= 4 is 29.2 Å². The van der Waals surface area contributed by atoms with E-state index in [4.69, 9.17) is 4.74 Å². The maximum atomic E-state index is 11.4. The lowest BCUT2D eigenvalue weighted by molar-refractivity contribution is -0.114. The Morgan fingerprint density at radius 1 is 1.13 bits per heavy atom. The van der Waals surface area contributed by atoms with Crippen LogP contribution >= 0.6 is 0 Å². The van der Waals surface area contributed by atoms with Gasteiger partial charge in [0.15, 0.2) is 0 Å². The van der Waals surface area contributed by atoms with E-state index in [0.29, 0.717) is 18.4 Å². The Balaban J connectivity index is 1.55. The Morgan fingerprint density at radius 3 is 2.73 bits per heavy atom. The van der Waals surface area contributed by atoms with Crippen molar-refractivity contribution in [2.45, 2.75) is 26.8 Å². The molecule has 1 aliphatic rings. The van der Waals surface area contributed by atoms with Crippen LogP contribution in [0.1, 0.15) is 23.6 Å². The van der Waals surface area contributed by atoms with Crippen LogP contribution in [0.5, 0.6) is 5.75 Å². The fourth-order valence-corrected chi connectivity index (χ4v) is 3.65. The van der Waals surface area contributed by atoms with Gasteiger partial charge in [-0.2, -0.15) is 4.98 Å². The van der Waals surface area contributed by atoms with Gasteiger partial charge in [0.2, 0.25) is 17.8 Å². The van der Waals surface area contributed by atoms with E-state index in [0.717, 1.165) is 35.7 Å². The summed E-state index contributed by atoms with van der Waals surface area (Å²) in [7, 11) is 1.70. The number of benzene rings is 2. The summed E-state index contributed by atoms with van der Waals surface area (Å²) < 4.78 is 5.49. The molecular weight excluding hydrogens is 380 g/mol. The largest absolute Gasteiger partial charge is 0.496 e. The molecule has 0 radical (unpaired) electrons. The van der Waals surface area contributed by atoms with Crippen molar-refractivity contribution in [2.24, 2.45) is 0 Å². The van der Waals surface area contributed by atoms with Crippen molar-refractivity contribution in [3.8, 4) is 5.75 Å². The van der Waals surface area contributed by atoms with Crippen molar-refractivity contribution in [3.05, 3.63) is 59.4 Å². The first kappa shape index (κ1) is 19.6. The molecule has 0 saturated heterocycles. The molecule has 2 heterocycles. The van der Waals surface area contributed by atoms with E-state index < -0.39 is 0 Å². The van der Waals surface area contributed by atoms with Crippen molar-refractivity contribution in [1.82, 2.24) is 15.0 Å². The van der Waals surface area contributed by atoms with E-state index in [9.17, 15) is 4.79 Å². The predicted octanol–water partition coefficient (Wildman–Crippen LogP) is 3.45. The van der Waals surface area contributed by atoms with Crippen molar-refractivity contribution in [3.63, 3.8) is 0 Å². The number of hydrogen-bond donors (Lipinski definition) is 2. The van der Waals surface area contributed by atoms with E-state index in [-0.39, 0.29) is 5.91 Å². The average molecular weight is 404 g/mol. The van der Waals surface area contributed by atoms with Crippen LogP contribution in [-0.2, 0) is 17.8 Å². The quantitative estimate of drug-likeness (QED) is 0.673. The van der Waals surface area contributed by atoms with E-state index in [1.807, 2.05) is 37.3 Å². The number of aromatic nitrogens is 3. The second-order valence-electron chi connectivity index (χ2n) is 7.16. The minimum Gasteiger partial charge on any atom is -0.496 e. The SMILES string of the molecule is COc1cccc2c1CCN(c1ncnc(Nc3cccc(NC(C)=O)c3C)n1)C2. The fraction of sp³-hybridized carbons (Fsp3) is 0.273. The Labute approximate surface area is 175 Å². The lowest BCUT2D eigenvalue weighted by Gasteiger charge is -2.29. The highest BCUT2D eigenvalue weighted by Crippen LogP contribution is 2.30. The van der Waals surface area contributed by atoms with Crippen LogP contribution in [0.15, 0.2) is 42.7 Å². The van der Waals surface area contributed by atoms with Crippen LogP contribution in [0, 0.1) is 6.92 Å². The first-order chi connectivity index (χ1) is 14.5. The summed E-state index contributed by atoms with van der Waals surface area (Å²) in [5, 5.41) is 6.07. The lowest BCUT2D eigenvalue weighted by atomic mass is 9.99. The minimum absolute atomic E-state index is 0.111. The second-order valence-corrected chi connectivity index (χ2v) is 7.16. The van der Waals surface area contributed by atoms with Crippen LogP contribution in [0.25, 0.3) is 0 Å². The smallest absolute Gasteiger partial charge is 0.232 e. The number of anilines is 4. The number of fused-ring (bicyclic) bond motifs is 1. The number of amides is 1. The highest BCUT2D eigenvalue weighted by Gasteiger charge is 2.21. The zero-order chi connectivity index (χ0) is 21.1. The molecule has 2 aromatic carbocycles. The molecule has 0 fully saturated rings. The third-order valence-corrected chi connectivity index (χ3v) is 5.18. The zero-order valence-electron chi connectivity index (χ0n) is 17.3. The summed E-state index contributed by atoms with van der Waals surface area (Å²) in [6, 6.07) is 11.8. The van der Waals surface area contributed by atoms with Crippen LogP contribution in [0.4, 0.5) is 23.3 Å². The van der Waals surface area contributed by atoms with E-state index in [1.165, 1.54) is 24.4 Å². The fourth-order valence-electron chi connectivity index (χ4n) is 3.65. The number of rotatable bonds is 5. The maximum Gasteiger partial charge on any atom is 0.232 e. The summed E-state index contributed by atoms with van der Waals surface area (Å²) in [5.41, 5.74) is 4.95. The standard InChI is InChI=1S/C22H24N6O2/c1-14-18(25-15(2)29)7-5-8-19(14)26-21-23-13-24-22(27-21)28-11-10-17-16(12-28)6-4-9-20(17)30-3/h4-9,13H,10-12H2,1-3H3,(H,25,29)(H,23,24,26,27). The molecule has 4 rings (SSSR count). The van der Waals surface area contributed by atoms with Crippen molar-refractivity contribution < 1.29 is 9.53 Å². The van der Waals surface area contributed by atoms with Gasteiger partial charge in [0.25, 0.3) is 0 Å². The summed E-state index contributed by atoms with van der Waals surface area (Å²) in [4.78, 5) is 26.8. The third-order valence-electron chi connectivity index (χ3n) is 5.18. The van der Waals surface area contributed by atoms with Crippen molar-refractivity contribution in [2.75, 3.05) is 29.2 Å². The number of ether oxygens (including phenoxy) is 1. The Bertz CT molecular complexity index is 1080. The van der Waals surface area contributed by atoms with Gasteiger partial charge >= 0.3 is 0 Å². The molecule has 0 saturated carbocycles. The van der Waals surface area contributed by atoms with Crippen LogP contribution in [0.3, 0.4) is 0 Å². The van der Waals surface area contributed by atoms with E-state index >= 15 is 0 Å². The molecule has 3 aromatic rings. The van der Waals surface area contributed by atoms with Gasteiger partial charge in [-0.15, -0.1) is 0 Å². The number of hydrogen-bond acceptors (Lipinski definition) is 7. The molecule has 8 nitrogen and oxygen atoms in total. The average Bonchev–Trinajstić information content (AvgIpc) is 2.75. The number of methoxy groups -OCH3 is 1. The lowest BCUT2D eigenvalue weighted by Crippen LogP contribution is -2.32. The first-order valence-electron chi connectivity index (χ1n) is 9.78. The number of carbonyl (C=O) groups excluding carboxylic acids is 1. The van der Waals surface area contributed by atoms with Gasteiger partial charge < -0.3 is 20.3 Å². The topological polar surface area (TPSA) is 92.3 Å². The summed E-state index contributed by atoms with van der Waals surface area (Å²) in [5.74, 6) is 1.90. The Morgan fingerprint density at radius 2 is 1.93 bits per heavy atom. The molecule has 1 amide bonds. The second kappa shape index (κ2) is 8.36. The van der Waals surface area contributed by atoms with Gasteiger partial charge in [0.05, 0.1) is 7.11 Å². The highest BCUT2D eigenvalue weighted by atomic mass is 16.5. The van der Waals surface area contributed by atoms with Crippen LogP contribution in [0.2, 0.25) is 0 Å². The first-order valence-corrected chi connectivity index (χ1v) is 9.78. The van der Waals surface area contributed by atoms with Crippen LogP contribution < -0.4 is 20.3 Å². The molecule has 0 spiro atoms. The molecule has 8 heteroatoms. The van der Waals surface area contributed by atoms with Gasteiger partial charge in [0, 0.05) is 37.0 Å². The molecule has 0 aliphatic carbocycles. The summed E-state index contributed by atoms with van der Waals surface area (Å²) in [6.45, 7) is 4.94. The van der Waals surface area contributed by atoms with E-state index in [1.54, 1.807) is 7.11 Å². The molecule has 0 bridgehead atoms. The molecule has 0 atom stereocenters. The van der Waals surface area contributed by atoms with E-state index in [2.05, 4.69) is 36.6 Å². The molecule has 1 aromatic heterocycles. The molecule has 1 aliphatic heterocycles. The van der Waals surface area contributed by atoms with Crippen molar-refractivity contribution in [1.29, 1.82) is 0 Å². The third kappa shape index (κ3) is 4.03. The molecule has 2 N–H and O–H groups in total. The van der Waals surface area contributed by atoms with Gasteiger partial charge in [-0.05, 0) is 42.7 Å². The molecule has 0 unspecified atom stereocenters. The number of nitrogens with zero attached hydrogens (tertiary/aromatic N) is 4. The van der Waals surface area contributed by atoms with Gasteiger partial charge in [-0.1, -0.05) is 18.2 Å². The summed E-state index contributed by atoms with van der Waals surface area (Å²) in [6.07, 6.45) is 2.38. The normalized spacial score (nSPS) is 12.8.